The fourth-order valence-corrected chi connectivity index (χ4v) is 6.26. The van der Waals surface area contributed by atoms with Gasteiger partial charge in [-0.1, -0.05) is 48.5 Å². The number of benzene rings is 5. The molecule has 51 heavy (non-hydrogen) atoms. The zero-order chi connectivity index (χ0) is 35.7. The molecule has 0 saturated carbocycles. The Morgan fingerprint density at radius 1 is 0.765 bits per heavy atom. The number of hydrogen-bond acceptors (Lipinski definition) is 8. The minimum atomic E-state index is -0.600. The Morgan fingerprint density at radius 2 is 1.37 bits per heavy atom. The number of thioether (sulfide) groups is 1. The van der Waals surface area contributed by atoms with Gasteiger partial charge in [-0.3, -0.25) is 19.2 Å². The first kappa shape index (κ1) is 34.5. The minimum absolute atomic E-state index is 0.0578. The maximum absolute atomic E-state index is 13.5. The minimum Gasteiger partial charge on any atom is -0.378 e. The lowest BCUT2D eigenvalue weighted by molar-refractivity contribution is -0.121. The molecule has 1 heterocycles. The summed E-state index contributed by atoms with van der Waals surface area (Å²) in [6.07, 6.45) is 1.68. The Hall–Kier alpha value is -6.33. The zero-order valence-electron chi connectivity index (χ0n) is 27.9. The van der Waals surface area contributed by atoms with E-state index >= 15 is 0 Å². The molecule has 1 unspecified atom stereocenters. The molecule has 4 amide bonds. The van der Waals surface area contributed by atoms with E-state index in [1.807, 2.05) is 79.7 Å². The summed E-state index contributed by atoms with van der Waals surface area (Å²) in [7, 11) is 3.88. The van der Waals surface area contributed by atoms with Gasteiger partial charge in [0.2, 0.25) is 11.8 Å². The van der Waals surface area contributed by atoms with Crippen LogP contribution in [0.5, 0.6) is 0 Å². The van der Waals surface area contributed by atoms with E-state index < -0.39 is 17.1 Å². The number of nitrogens with one attached hydrogen (secondary N) is 2. The number of imide groups is 1. The Bertz CT molecular complexity index is 2080. The molecule has 2 N–H and O–H groups in total. The van der Waals surface area contributed by atoms with Crippen molar-refractivity contribution in [1.29, 1.82) is 0 Å². The predicted molar refractivity (Wildman–Crippen MR) is 202 cm³/mol. The Morgan fingerprint density at radius 3 is 2.00 bits per heavy atom. The van der Waals surface area contributed by atoms with Crippen molar-refractivity contribution in [3.63, 3.8) is 0 Å². The molecule has 5 aromatic carbocycles. The summed E-state index contributed by atoms with van der Waals surface area (Å²) in [6.45, 7) is 0. The van der Waals surface area contributed by atoms with E-state index in [9.17, 15) is 19.2 Å². The van der Waals surface area contributed by atoms with Gasteiger partial charge in [0.1, 0.15) is 5.70 Å². The van der Waals surface area contributed by atoms with Crippen LogP contribution in [0.25, 0.3) is 6.08 Å². The molecule has 1 aliphatic rings. The van der Waals surface area contributed by atoms with Crippen molar-refractivity contribution >= 4 is 69.9 Å². The summed E-state index contributed by atoms with van der Waals surface area (Å²) in [6, 6.07) is 39.4. The van der Waals surface area contributed by atoms with Crippen LogP contribution in [-0.4, -0.2) is 43.0 Å². The highest BCUT2D eigenvalue weighted by Gasteiger charge is 2.40. The normalized spacial score (nSPS) is 14.5. The van der Waals surface area contributed by atoms with E-state index in [0.29, 0.717) is 22.6 Å². The second-order valence-electron chi connectivity index (χ2n) is 11.8. The number of hydrogen-bond donors (Lipinski definition) is 2. The van der Waals surface area contributed by atoms with Gasteiger partial charge in [0.05, 0.1) is 22.3 Å². The smallest absolute Gasteiger partial charge is 0.272 e. The lowest BCUT2D eigenvalue weighted by Gasteiger charge is -2.15. The van der Waals surface area contributed by atoms with Crippen molar-refractivity contribution in [3.05, 3.63) is 150 Å². The van der Waals surface area contributed by atoms with Gasteiger partial charge in [-0.25, -0.2) is 4.90 Å². The Balaban J connectivity index is 1.10. The summed E-state index contributed by atoms with van der Waals surface area (Å²) < 4.78 is 0. The summed E-state index contributed by atoms with van der Waals surface area (Å²) >= 11 is 1.29. The first-order valence-electron chi connectivity index (χ1n) is 16.1. The van der Waals surface area contributed by atoms with Crippen LogP contribution in [0.1, 0.15) is 22.3 Å². The average Bonchev–Trinajstić information content (AvgIpc) is 3.43. The number of azo groups is 1. The van der Waals surface area contributed by atoms with Gasteiger partial charge in [0.15, 0.2) is 0 Å². The molecular weight excluding hydrogens is 661 g/mol. The van der Waals surface area contributed by atoms with Gasteiger partial charge in [-0.05, 0) is 96.6 Å². The summed E-state index contributed by atoms with van der Waals surface area (Å²) in [4.78, 5) is 56.7. The molecule has 5 aromatic rings. The third-order valence-electron chi connectivity index (χ3n) is 7.89. The summed E-state index contributed by atoms with van der Waals surface area (Å²) in [5, 5.41) is 13.4. The lowest BCUT2D eigenvalue weighted by Crippen LogP contribution is -2.31. The van der Waals surface area contributed by atoms with Gasteiger partial charge in [-0.2, -0.15) is 10.2 Å². The standard InChI is InChI=1S/C40H34N6O4S/c1-45(2)32-19-13-27(14-20-32)25-35(42-38(48)28-9-5-3-6-10-28)39(49)41-29-17-23-34(24-18-29)51-36-26-37(47)46(40(36)50)33-21-15-31(16-22-33)44-43-30-11-7-4-8-12-30/h3-25,36H,26H2,1-2H3,(H,41,49)(H,42,48). The monoisotopic (exact) mass is 694 g/mol. The van der Waals surface area contributed by atoms with Crippen molar-refractivity contribution in [2.45, 2.75) is 16.6 Å². The average molecular weight is 695 g/mol. The van der Waals surface area contributed by atoms with E-state index in [1.54, 1.807) is 78.9 Å². The molecule has 1 saturated heterocycles. The molecule has 1 fully saturated rings. The van der Waals surface area contributed by atoms with E-state index in [-0.39, 0.29) is 23.9 Å². The summed E-state index contributed by atoms with van der Waals surface area (Å²) in [5.74, 6) is -1.50. The first-order chi connectivity index (χ1) is 24.7. The van der Waals surface area contributed by atoms with Gasteiger partial charge in [0.25, 0.3) is 11.8 Å². The number of carbonyl (C=O) groups is 4. The highest BCUT2D eigenvalue weighted by Crippen LogP contribution is 2.35. The van der Waals surface area contributed by atoms with Crippen molar-refractivity contribution in [1.82, 2.24) is 5.32 Å². The molecule has 10 nitrogen and oxygen atoms in total. The molecule has 0 aromatic heterocycles. The number of rotatable bonds is 11. The Labute approximate surface area is 299 Å². The lowest BCUT2D eigenvalue weighted by atomic mass is 10.1. The molecule has 6 rings (SSSR count). The highest BCUT2D eigenvalue weighted by atomic mass is 32.2. The zero-order valence-corrected chi connectivity index (χ0v) is 28.7. The number of nitrogens with zero attached hydrogens (tertiary/aromatic N) is 4. The predicted octanol–water partition coefficient (Wildman–Crippen LogP) is 8.00. The van der Waals surface area contributed by atoms with Crippen LogP contribution < -0.4 is 20.4 Å². The van der Waals surface area contributed by atoms with Crippen molar-refractivity contribution in [3.8, 4) is 0 Å². The maximum atomic E-state index is 13.5. The van der Waals surface area contributed by atoms with E-state index in [0.717, 1.165) is 21.8 Å². The molecule has 11 heteroatoms. The van der Waals surface area contributed by atoms with Crippen LogP contribution in [0.3, 0.4) is 0 Å². The van der Waals surface area contributed by atoms with E-state index in [2.05, 4.69) is 20.9 Å². The number of anilines is 3. The van der Waals surface area contributed by atoms with Crippen molar-refractivity contribution in [2.75, 3.05) is 29.2 Å². The Kier molecular flexibility index (Phi) is 10.8. The molecule has 1 atom stereocenters. The largest absolute Gasteiger partial charge is 0.378 e. The van der Waals surface area contributed by atoms with E-state index in [1.165, 1.54) is 16.7 Å². The topological polar surface area (TPSA) is 124 Å². The fraction of sp³-hybridized carbons (Fsp3) is 0.100. The molecule has 0 aliphatic carbocycles. The molecule has 0 bridgehead atoms. The molecule has 1 aliphatic heterocycles. The van der Waals surface area contributed by atoms with Crippen molar-refractivity contribution < 1.29 is 19.2 Å². The summed E-state index contributed by atoms with van der Waals surface area (Å²) in [5.41, 5.74) is 4.51. The van der Waals surface area contributed by atoms with Crippen LogP contribution >= 0.6 is 11.8 Å². The molecule has 254 valence electrons. The third kappa shape index (κ3) is 8.83. The second kappa shape index (κ2) is 15.9. The maximum Gasteiger partial charge on any atom is 0.272 e. The second-order valence-corrected chi connectivity index (χ2v) is 13.0. The molecular formula is C40H34N6O4S. The molecule has 0 spiro atoms. The van der Waals surface area contributed by atoms with Crippen LogP contribution in [-0.2, 0) is 14.4 Å². The van der Waals surface area contributed by atoms with E-state index in [4.69, 9.17) is 0 Å². The van der Waals surface area contributed by atoms with Gasteiger partial charge >= 0.3 is 0 Å². The number of amides is 4. The van der Waals surface area contributed by atoms with Crippen LogP contribution in [0.2, 0.25) is 0 Å². The van der Waals surface area contributed by atoms with Gasteiger partial charge < -0.3 is 15.5 Å². The first-order valence-corrected chi connectivity index (χ1v) is 17.0. The number of carbonyl (C=O) groups excluding carboxylic acids is 4. The van der Waals surface area contributed by atoms with Gasteiger partial charge in [-0.15, -0.1) is 11.8 Å². The van der Waals surface area contributed by atoms with Crippen LogP contribution in [0.15, 0.2) is 154 Å². The fourth-order valence-electron chi connectivity index (χ4n) is 5.20. The SMILES string of the molecule is CN(C)c1ccc(C=C(NC(=O)c2ccccc2)C(=O)Nc2ccc(SC3CC(=O)N(c4ccc(N=Nc5ccccc5)cc4)C3=O)cc2)cc1. The van der Waals surface area contributed by atoms with Gasteiger partial charge in [0, 0.05) is 42.3 Å². The van der Waals surface area contributed by atoms with Crippen LogP contribution in [0.4, 0.5) is 28.4 Å². The molecule has 0 radical (unpaired) electrons. The van der Waals surface area contributed by atoms with Crippen molar-refractivity contribution in [2.24, 2.45) is 10.2 Å². The third-order valence-corrected chi connectivity index (χ3v) is 9.09. The quantitative estimate of drug-likeness (QED) is 0.0821. The van der Waals surface area contributed by atoms with Crippen LogP contribution in [0, 0.1) is 0 Å². The highest BCUT2D eigenvalue weighted by molar-refractivity contribution is 8.00.